The largest absolute Gasteiger partial charge is 0.348 e. The Morgan fingerprint density at radius 2 is 1.92 bits per heavy atom. The van der Waals surface area contributed by atoms with Crippen molar-refractivity contribution >= 4 is 11.8 Å². The zero-order valence-corrected chi connectivity index (χ0v) is 14.3. The molecule has 0 bridgehead atoms. The van der Waals surface area contributed by atoms with Crippen LogP contribution in [0, 0.1) is 6.92 Å². The average molecular weight is 330 g/mol. The van der Waals surface area contributed by atoms with E-state index in [-0.39, 0.29) is 23.9 Å². The standard InChI is InChI=1S/C16H22N6O2/c1-9(2)17-15(23)14-7-12-6-11(8-22(12)20-14)18-16(24)13-5-10(3)21(4)19-13/h5,7,9,11H,6,8H2,1-4H3,(H,17,23)(H,18,24)/t11-/m0/s1. The third-order valence-electron chi connectivity index (χ3n) is 4.05. The van der Waals surface area contributed by atoms with Crippen LogP contribution in [-0.2, 0) is 20.0 Å². The Labute approximate surface area is 140 Å². The van der Waals surface area contributed by atoms with Gasteiger partial charge in [0, 0.05) is 30.9 Å². The first kappa shape index (κ1) is 16.2. The van der Waals surface area contributed by atoms with Gasteiger partial charge in [-0.3, -0.25) is 19.0 Å². The predicted octanol–water partition coefficient (Wildman–Crippen LogP) is 0.418. The van der Waals surface area contributed by atoms with Gasteiger partial charge >= 0.3 is 0 Å². The van der Waals surface area contributed by atoms with Gasteiger partial charge in [0.05, 0.1) is 12.6 Å². The molecule has 0 spiro atoms. The first-order chi connectivity index (χ1) is 11.3. The zero-order chi connectivity index (χ0) is 17.4. The molecule has 0 saturated carbocycles. The van der Waals surface area contributed by atoms with Crippen molar-refractivity contribution in [2.75, 3.05) is 0 Å². The number of amides is 2. The summed E-state index contributed by atoms with van der Waals surface area (Å²) in [6.45, 7) is 6.28. The Morgan fingerprint density at radius 3 is 2.50 bits per heavy atom. The van der Waals surface area contributed by atoms with Gasteiger partial charge in [0.25, 0.3) is 11.8 Å². The van der Waals surface area contributed by atoms with Crippen LogP contribution >= 0.6 is 0 Å². The summed E-state index contributed by atoms with van der Waals surface area (Å²) in [5, 5.41) is 14.3. The van der Waals surface area contributed by atoms with Gasteiger partial charge in [-0.2, -0.15) is 10.2 Å². The first-order valence-corrected chi connectivity index (χ1v) is 8.02. The number of hydrogen-bond acceptors (Lipinski definition) is 4. The Morgan fingerprint density at radius 1 is 1.21 bits per heavy atom. The molecule has 0 saturated heterocycles. The van der Waals surface area contributed by atoms with Crippen LogP contribution in [0.4, 0.5) is 0 Å². The third kappa shape index (κ3) is 3.17. The summed E-state index contributed by atoms with van der Waals surface area (Å²) in [6, 6.07) is 3.58. The molecule has 128 valence electrons. The lowest BCUT2D eigenvalue weighted by Crippen LogP contribution is -2.36. The number of aryl methyl sites for hydroxylation is 2. The number of carbonyl (C=O) groups is 2. The fourth-order valence-corrected chi connectivity index (χ4v) is 2.78. The van der Waals surface area contributed by atoms with Crippen molar-refractivity contribution < 1.29 is 9.59 Å². The van der Waals surface area contributed by atoms with E-state index in [2.05, 4.69) is 20.8 Å². The number of rotatable bonds is 4. The summed E-state index contributed by atoms with van der Waals surface area (Å²) in [5.41, 5.74) is 2.71. The molecule has 0 radical (unpaired) electrons. The fraction of sp³-hybridized carbons (Fsp3) is 0.500. The van der Waals surface area contributed by atoms with Crippen molar-refractivity contribution in [1.29, 1.82) is 0 Å². The topological polar surface area (TPSA) is 93.8 Å². The van der Waals surface area contributed by atoms with Crippen LogP contribution in [0.2, 0.25) is 0 Å². The molecule has 0 fully saturated rings. The summed E-state index contributed by atoms with van der Waals surface area (Å²) in [5.74, 6) is -0.358. The maximum absolute atomic E-state index is 12.3. The van der Waals surface area contributed by atoms with Gasteiger partial charge in [0.2, 0.25) is 0 Å². The zero-order valence-electron chi connectivity index (χ0n) is 14.3. The van der Waals surface area contributed by atoms with Crippen LogP contribution in [0.25, 0.3) is 0 Å². The van der Waals surface area contributed by atoms with Gasteiger partial charge in [0.1, 0.15) is 11.4 Å². The number of aromatic nitrogens is 4. The Balaban J connectivity index is 1.62. The van der Waals surface area contributed by atoms with Crippen molar-refractivity contribution in [3.8, 4) is 0 Å². The van der Waals surface area contributed by atoms with Crippen LogP contribution in [0.1, 0.15) is 46.2 Å². The van der Waals surface area contributed by atoms with E-state index in [0.717, 1.165) is 11.4 Å². The van der Waals surface area contributed by atoms with E-state index < -0.39 is 0 Å². The lowest BCUT2D eigenvalue weighted by atomic mass is 10.2. The van der Waals surface area contributed by atoms with Crippen LogP contribution in [-0.4, -0.2) is 43.5 Å². The van der Waals surface area contributed by atoms with E-state index in [4.69, 9.17) is 0 Å². The molecule has 2 aromatic rings. The second kappa shape index (κ2) is 6.10. The van der Waals surface area contributed by atoms with Gasteiger partial charge in [0.15, 0.2) is 0 Å². The highest BCUT2D eigenvalue weighted by Gasteiger charge is 2.27. The normalized spacial score (nSPS) is 16.3. The minimum absolute atomic E-state index is 0.0375. The van der Waals surface area contributed by atoms with Crippen molar-refractivity contribution in [3.63, 3.8) is 0 Å². The molecule has 8 nitrogen and oxygen atoms in total. The van der Waals surface area contributed by atoms with Crippen molar-refractivity contribution in [2.45, 2.75) is 45.8 Å². The maximum atomic E-state index is 12.3. The molecule has 1 aliphatic heterocycles. The molecule has 0 unspecified atom stereocenters. The molecule has 1 atom stereocenters. The van der Waals surface area contributed by atoms with Crippen LogP contribution in [0.5, 0.6) is 0 Å². The highest BCUT2D eigenvalue weighted by Crippen LogP contribution is 2.17. The Hall–Kier alpha value is -2.64. The van der Waals surface area contributed by atoms with Crippen LogP contribution < -0.4 is 10.6 Å². The predicted molar refractivity (Wildman–Crippen MR) is 87.7 cm³/mol. The molecule has 2 amide bonds. The molecule has 2 aromatic heterocycles. The highest BCUT2D eigenvalue weighted by molar-refractivity contribution is 5.93. The summed E-state index contributed by atoms with van der Waals surface area (Å²) in [6.07, 6.45) is 0.652. The molecule has 1 aliphatic rings. The summed E-state index contributed by atoms with van der Waals surface area (Å²) in [4.78, 5) is 24.2. The van der Waals surface area contributed by atoms with E-state index in [1.165, 1.54) is 0 Å². The third-order valence-corrected chi connectivity index (χ3v) is 4.05. The Kier molecular flexibility index (Phi) is 4.13. The van der Waals surface area contributed by atoms with E-state index in [0.29, 0.717) is 24.4 Å². The maximum Gasteiger partial charge on any atom is 0.272 e. The number of carbonyl (C=O) groups excluding carboxylic acids is 2. The minimum Gasteiger partial charge on any atom is -0.348 e. The van der Waals surface area contributed by atoms with Gasteiger partial charge in [-0.25, -0.2) is 0 Å². The molecule has 0 aromatic carbocycles. The number of hydrogen-bond donors (Lipinski definition) is 2. The molecule has 8 heteroatoms. The van der Waals surface area contributed by atoms with Gasteiger partial charge < -0.3 is 10.6 Å². The van der Waals surface area contributed by atoms with E-state index in [1.807, 2.05) is 20.8 Å². The number of nitrogens with one attached hydrogen (secondary N) is 2. The smallest absolute Gasteiger partial charge is 0.272 e. The molecular formula is C16H22N6O2. The molecule has 3 heterocycles. The van der Waals surface area contributed by atoms with E-state index in [9.17, 15) is 9.59 Å². The average Bonchev–Trinajstić information content (AvgIpc) is 3.12. The second-order valence-corrected chi connectivity index (χ2v) is 6.50. The first-order valence-electron chi connectivity index (χ1n) is 8.02. The Bertz CT molecular complexity index is 746. The highest BCUT2D eigenvalue weighted by atomic mass is 16.2. The van der Waals surface area contributed by atoms with Crippen molar-refractivity contribution in [2.24, 2.45) is 7.05 Å². The summed E-state index contributed by atoms with van der Waals surface area (Å²) in [7, 11) is 1.81. The summed E-state index contributed by atoms with van der Waals surface area (Å²) < 4.78 is 3.46. The van der Waals surface area contributed by atoms with E-state index in [1.54, 1.807) is 28.5 Å². The number of fused-ring (bicyclic) bond motifs is 1. The van der Waals surface area contributed by atoms with Crippen LogP contribution in [0.3, 0.4) is 0 Å². The minimum atomic E-state index is -0.188. The van der Waals surface area contributed by atoms with Crippen molar-refractivity contribution in [3.05, 3.63) is 34.9 Å². The molecule has 3 rings (SSSR count). The SMILES string of the molecule is Cc1cc(C(=O)N[C@H]2Cc3cc(C(=O)NC(C)C)nn3C2)nn1C. The van der Waals surface area contributed by atoms with Gasteiger partial charge in [-0.15, -0.1) is 0 Å². The summed E-state index contributed by atoms with van der Waals surface area (Å²) >= 11 is 0. The molecule has 24 heavy (non-hydrogen) atoms. The molecule has 0 aliphatic carbocycles. The second-order valence-electron chi connectivity index (χ2n) is 6.50. The molecular weight excluding hydrogens is 308 g/mol. The lowest BCUT2D eigenvalue weighted by molar-refractivity contribution is 0.0920. The lowest BCUT2D eigenvalue weighted by Gasteiger charge is -2.10. The fourth-order valence-electron chi connectivity index (χ4n) is 2.78. The van der Waals surface area contributed by atoms with Crippen LogP contribution in [0.15, 0.2) is 12.1 Å². The van der Waals surface area contributed by atoms with Gasteiger partial charge in [-0.05, 0) is 32.9 Å². The monoisotopic (exact) mass is 330 g/mol. The van der Waals surface area contributed by atoms with Gasteiger partial charge in [-0.1, -0.05) is 0 Å². The quantitative estimate of drug-likeness (QED) is 0.849. The number of nitrogens with zero attached hydrogens (tertiary/aromatic N) is 4. The van der Waals surface area contributed by atoms with E-state index >= 15 is 0 Å². The molecule has 2 N–H and O–H groups in total. The van der Waals surface area contributed by atoms with Crippen molar-refractivity contribution in [1.82, 2.24) is 30.2 Å².